The lowest BCUT2D eigenvalue weighted by molar-refractivity contribution is 0.208. The number of hydrogen-bond acceptors (Lipinski definition) is 2. The van der Waals surface area contributed by atoms with Gasteiger partial charge in [-0.25, -0.2) is 0 Å². The van der Waals surface area contributed by atoms with Gasteiger partial charge in [0.15, 0.2) is 0 Å². The molecule has 1 N–H and O–H groups in total. The highest BCUT2D eigenvalue weighted by Crippen LogP contribution is 2.49. The van der Waals surface area contributed by atoms with Gasteiger partial charge in [-0.2, -0.15) is 0 Å². The molecule has 2 fully saturated rings. The third-order valence-corrected chi connectivity index (χ3v) is 6.21. The van der Waals surface area contributed by atoms with Crippen molar-refractivity contribution in [2.75, 3.05) is 13.1 Å². The molecule has 110 valence electrons. The second-order valence-corrected chi connectivity index (χ2v) is 7.46. The number of rotatable bonds is 1. The molecule has 3 heterocycles. The first-order valence-electron chi connectivity index (χ1n) is 8.61. The molecule has 2 nitrogen and oxygen atoms in total. The highest BCUT2D eigenvalue weighted by molar-refractivity contribution is 5.37. The van der Waals surface area contributed by atoms with Crippen molar-refractivity contribution >= 4 is 0 Å². The molecule has 0 saturated carbocycles. The Morgan fingerprint density at radius 2 is 2.00 bits per heavy atom. The van der Waals surface area contributed by atoms with E-state index in [2.05, 4.69) is 40.6 Å². The number of hydrogen-bond donors (Lipinski definition) is 1. The molecule has 0 aromatic heterocycles. The van der Waals surface area contributed by atoms with E-state index >= 15 is 0 Å². The van der Waals surface area contributed by atoms with E-state index in [0.717, 1.165) is 18.5 Å². The molecule has 0 radical (unpaired) electrons. The summed E-state index contributed by atoms with van der Waals surface area (Å²) in [5.41, 5.74) is 5.36. The van der Waals surface area contributed by atoms with E-state index in [1.54, 1.807) is 16.7 Å². The minimum absolute atomic E-state index is 0.426. The Labute approximate surface area is 127 Å². The van der Waals surface area contributed by atoms with Gasteiger partial charge in [0.05, 0.1) is 5.54 Å². The molecule has 0 bridgehead atoms. The van der Waals surface area contributed by atoms with Crippen molar-refractivity contribution in [3.05, 3.63) is 47.0 Å². The topological polar surface area (TPSA) is 25.2 Å². The van der Waals surface area contributed by atoms with Gasteiger partial charge >= 0.3 is 0 Å². The maximum atomic E-state index is 3.76. The lowest BCUT2D eigenvalue weighted by Crippen LogP contribution is -2.39. The van der Waals surface area contributed by atoms with E-state index in [4.69, 9.17) is 0 Å². The zero-order valence-corrected chi connectivity index (χ0v) is 12.6. The van der Waals surface area contributed by atoms with Gasteiger partial charge in [-0.15, -0.1) is 0 Å². The Bertz CT molecular complexity index is 599. The standard InChI is InChI=1S/C19H24N2/c1-2-6-14(7-3-1)18-17-10-15-8-4-5-9-16(15)11-21(17)13-19(18)12-20-19/h4-6,8-9,17-18,20H,1-3,7,10-13H2/t17-,18-,19+/m1/s1. The number of allylic oxidation sites excluding steroid dienone is 1. The van der Waals surface area contributed by atoms with Crippen molar-refractivity contribution in [2.24, 2.45) is 5.92 Å². The second-order valence-electron chi connectivity index (χ2n) is 7.46. The van der Waals surface area contributed by atoms with Gasteiger partial charge in [-0.3, -0.25) is 4.90 Å². The van der Waals surface area contributed by atoms with Crippen molar-refractivity contribution in [2.45, 2.75) is 50.2 Å². The van der Waals surface area contributed by atoms with Crippen LogP contribution in [0.15, 0.2) is 35.9 Å². The van der Waals surface area contributed by atoms with Crippen LogP contribution >= 0.6 is 0 Å². The lowest BCUT2D eigenvalue weighted by atomic mass is 9.76. The Balaban J connectivity index is 1.52. The van der Waals surface area contributed by atoms with E-state index in [9.17, 15) is 0 Å². The molecule has 2 saturated heterocycles. The number of nitrogens with one attached hydrogen (secondary N) is 1. The molecule has 21 heavy (non-hydrogen) atoms. The van der Waals surface area contributed by atoms with Crippen molar-refractivity contribution in [1.82, 2.24) is 10.2 Å². The first-order chi connectivity index (χ1) is 10.4. The molecular formula is C19H24N2. The van der Waals surface area contributed by atoms with Gasteiger partial charge in [0.25, 0.3) is 0 Å². The molecule has 0 unspecified atom stereocenters. The maximum absolute atomic E-state index is 3.76. The summed E-state index contributed by atoms with van der Waals surface area (Å²) in [7, 11) is 0. The summed E-state index contributed by atoms with van der Waals surface area (Å²) in [5, 5.41) is 3.76. The first kappa shape index (κ1) is 12.4. The normalized spacial score (nSPS) is 38.0. The van der Waals surface area contributed by atoms with Gasteiger partial charge in [0.2, 0.25) is 0 Å². The minimum Gasteiger partial charge on any atom is -0.306 e. The van der Waals surface area contributed by atoms with E-state index in [0.29, 0.717) is 5.54 Å². The largest absolute Gasteiger partial charge is 0.306 e. The molecule has 1 spiro atoms. The number of fused-ring (bicyclic) bond motifs is 2. The Morgan fingerprint density at radius 1 is 1.14 bits per heavy atom. The van der Waals surface area contributed by atoms with Crippen LogP contribution in [0.2, 0.25) is 0 Å². The number of benzene rings is 1. The predicted molar refractivity (Wildman–Crippen MR) is 85.1 cm³/mol. The van der Waals surface area contributed by atoms with Crippen molar-refractivity contribution < 1.29 is 0 Å². The van der Waals surface area contributed by atoms with E-state index in [1.165, 1.54) is 45.2 Å². The monoisotopic (exact) mass is 280 g/mol. The Kier molecular flexibility index (Phi) is 2.63. The zero-order chi connectivity index (χ0) is 13.9. The fraction of sp³-hybridized carbons (Fsp3) is 0.579. The summed E-state index contributed by atoms with van der Waals surface area (Å²) in [6.45, 7) is 3.65. The maximum Gasteiger partial charge on any atom is 0.0517 e. The summed E-state index contributed by atoms with van der Waals surface area (Å²) in [6, 6.07) is 9.82. The van der Waals surface area contributed by atoms with E-state index in [-0.39, 0.29) is 0 Å². The molecule has 3 aliphatic heterocycles. The van der Waals surface area contributed by atoms with Gasteiger partial charge in [-0.1, -0.05) is 35.9 Å². The Morgan fingerprint density at radius 3 is 2.76 bits per heavy atom. The van der Waals surface area contributed by atoms with Crippen LogP contribution in [0.4, 0.5) is 0 Å². The molecule has 1 aliphatic carbocycles. The lowest BCUT2D eigenvalue weighted by Gasteiger charge is -2.35. The van der Waals surface area contributed by atoms with E-state index < -0.39 is 0 Å². The molecule has 2 heteroatoms. The Hall–Kier alpha value is -1.12. The molecule has 1 aromatic carbocycles. The fourth-order valence-electron chi connectivity index (χ4n) is 5.12. The minimum atomic E-state index is 0.426. The van der Waals surface area contributed by atoms with Crippen LogP contribution in [0.1, 0.15) is 36.8 Å². The van der Waals surface area contributed by atoms with Crippen LogP contribution in [-0.4, -0.2) is 29.6 Å². The third-order valence-electron chi connectivity index (χ3n) is 6.21. The van der Waals surface area contributed by atoms with Gasteiger partial charge in [-0.05, 0) is 43.2 Å². The summed E-state index contributed by atoms with van der Waals surface area (Å²) in [5.74, 6) is 0.770. The molecule has 5 rings (SSSR count). The highest BCUT2D eigenvalue weighted by Gasteiger charge is 2.60. The van der Waals surface area contributed by atoms with Crippen LogP contribution in [0, 0.1) is 5.92 Å². The van der Waals surface area contributed by atoms with E-state index in [1.807, 2.05) is 0 Å². The second kappa shape index (κ2) is 4.44. The van der Waals surface area contributed by atoms with Crippen LogP contribution in [-0.2, 0) is 13.0 Å². The van der Waals surface area contributed by atoms with Gasteiger partial charge in [0.1, 0.15) is 0 Å². The third kappa shape index (κ3) is 1.85. The molecular weight excluding hydrogens is 256 g/mol. The molecule has 4 aliphatic rings. The van der Waals surface area contributed by atoms with Crippen molar-refractivity contribution in [3.63, 3.8) is 0 Å². The smallest absolute Gasteiger partial charge is 0.0517 e. The summed E-state index contributed by atoms with van der Waals surface area (Å²) in [6.07, 6.45) is 9.29. The van der Waals surface area contributed by atoms with Crippen molar-refractivity contribution in [1.29, 1.82) is 0 Å². The van der Waals surface area contributed by atoms with Crippen LogP contribution in [0.25, 0.3) is 0 Å². The average molecular weight is 280 g/mol. The summed E-state index contributed by atoms with van der Waals surface area (Å²) < 4.78 is 0. The van der Waals surface area contributed by atoms with Gasteiger partial charge < -0.3 is 5.32 Å². The number of nitrogens with zero attached hydrogens (tertiary/aromatic N) is 1. The quantitative estimate of drug-likeness (QED) is 0.632. The summed E-state index contributed by atoms with van der Waals surface area (Å²) >= 11 is 0. The van der Waals surface area contributed by atoms with Crippen LogP contribution < -0.4 is 5.32 Å². The highest BCUT2D eigenvalue weighted by atomic mass is 15.3. The van der Waals surface area contributed by atoms with Crippen LogP contribution in [0.3, 0.4) is 0 Å². The van der Waals surface area contributed by atoms with Gasteiger partial charge in [0, 0.05) is 31.6 Å². The fourth-order valence-corrected chi connectivity index (χ4v) is 5.12. The predicted octanol–water partition coefficient (Wildman–Crippen LogP) is 2.89. The van der Waals surface area contributed by atoms with Crippen LogP contribution in [0.5, 0.6) is 0 Å². The van der Waals surface area contributed by atoms with Crippen molar-refractivity contribution in [3.8, 4) is 0 Å². The molecule has 1 aromatic rings. The summed E-state index contributed by atoms with van der Waals surface area (Å²) in [4.78, 5) is 2.77. The first-order valence-corrected chi connectivity index (χ1v) is 8.61. The average Bonchev–Trinajstić information content (AvgIpc) is 3.21. The SMILES string of the molecule is C1=C([C@@H]2[C@H]3Cc4ccccc4CN3C[C@@]23CN3)CCCC1. The molecule has 0 amide bonds. The molecule has 3 atom stereocenters. The zero-order valence-electron chi connectivity index (χ0n) is 12.6.